The van der Waals surface area contributed by atoms with Gasteiger partial charge in [0.15, 0.2) is 17.3 Å². The highest BCUT2D eigenvalue weighted by Gasteiger charge is 2.30. The molecule has 1 aromatic heterocycles. The molecule has 1 amide bonds. The van der Waals surface area contributed by atoms with E-state index in [0.717, 1.165) is 0 Å². The summed E-state index contributed by atoms with van der Waals surface area (Å²) in [5.41, 5.74) is -0.123. The zero-order valence-corrected chi connectivity index (χ0v) is 17.1. The summed E-state index contributed by atoms with van der Waals surface area (Å²) in [5.74, 6) is -1.23. The number of nitrogens with zero attached hydrogens (tertiary/aromatic N) is 1. The fourth-order valence-corrected chi connectivity index (χ4v) is 3.46. The molecular weight excluding hydrogens is 394 g/mol. The average molecular weight is 419 g/mol. The number of hydrogen-bond acceptors (Lipinski definition) is 8. The van der Waals surface area contributed by atoms with Gasteiger partial charge < -0.3 is 33.7 Å². The summed E-state index contributed by atoms with van der Waals surface area (Å²) in [5, 5.41) is 20.7. The molecule has 30 heavy (non-hydrogen) atoms. The predicted molar refractivity (Wildman–Crippen MR) is 106 cm³/mol. The number of hydrogen-bond donors (Lipinski definition) is 2. The standard InChI is InChI=1S/C21H25NO8/c1-12-8-15(23)19(25)21(30-12)14(11-18(24)22-4-6-29-7-5-22)13-9-16(27-2)20(26)17(10-13)28-3/h8-10,14,25-26H,4-7,11H2,1-3H3. The molecular formula is C21H25NO8. The minimum atomic E-state index is -0.809. The monoisotopic (exact) mass is 419 g/mol. The molecule has 0 saturated carbocycles. The minimum Gasteiger partial charge on any atom is -0.502 e. The number of morpholine rings is 1. The van der Waals surface area contributed by atoms with E-state index < -0.39 is 17.1 Å². The molecule has 1 saturated heterocycles. The number of amides is 1. The van der Waals surface area contributed by atoms with Gasteiger partial charge in [0.05, 0.1) is 33.4 Å². The van der Waals surface area contributed by atoms with Gasteiger partial charge in [-0.25, -0.2) is 0 Å². The van der Waals surface area contributed by atoms with Crippen LogP contribution in [0.2, 0.25) is 0 Å². The highest BCUT2D eigenvalue weighted by Crippen LogP contribution is 2.42. The maximum Gasteiger partial charge on any atom is 0.227 e. The Balaban J connectivity index is 2.11. The average Bonchev–Trinajstić information content (AvgIpc) is 2.75. The molecule has 1 atom stereocenters. The smallest absolute Gasteiger partial charge is 0.227 e. The molecule has 0 spiro atoms. The van der Waals surface area contributed by atoms with Crippen LogP contribution in [0.25, 0.3) is 0 Å². The molecule has 1 fully saturated rings. The fourth-order valence-electron chi connectivity index (χ4n) is 3.46. The third kappa shape index (κ3) is 4.35. The molecule has 1 unspecified atom stereocenters. The lowest BCUT2D eigenvalue weighted by Gasteiger charge is -2.28. The summed E-state index contributed by atoms with van der Waals surface area (Å²) in [6, 6.07) is 4.23. The maximum atomic E-state index is 13.0. The molecule has 1 aliphatic heterocycles. The van der Waals surface area contributed by atoms with Crippen LogP contribution in [0.4, 0.5) is 0 Å². The zero-order valence-electron chi connectivity index (χ0n) is 17.1. The Bertz CT molecular complexity index is 952. The highest BCUT2D eigenvalue weighted by atomic mass is 16.5. The number of phenols is 1. The van der Waals surface area contributed by atoms with Gasteiger partial charge in [-0.15, -0.1) is 0 Å². The third-order valence-electron chi connectivity index (χ3n) is 5.04. The Hall–Kier alpha value is -3.20. The maximum absolute atomic E-state index is 13.0. The number of carbonyl (C=O) groups is 1. The van der Waals surface area contributed by atoms with Crippen molar-refractivity contribution in [2.75, 3.05) is 40.5 Å². The van der Waals surface area contributed by atoms with Crippen LogP contribution < -0.4 is 14.9 Å². The molecule has 162 valence electrons. The fraction of sp³-hybridized carbons (Fsp3) is 0.429. The second-order valence-corrected chi connectivity index (χ2v) is 6.96. The van der Waals surface area contributed by atoms with Crippen LogP contribution in [0.3, 0.4) is 0 Å². The first-order valence-corrected chi connectivity index (χ1v) is 9.49. The van der Waals surface area contributed by atoms with Crippen LogP contribution in [0.5, 0.6) is 23.0 Å². The van der Waals surface area contributed by atoms with E-state index in [0.29, 0.717) is 37.6 Å². The van der Waals surface area contributed by atoms with Crippen LogP contribution in [-0.2, 0) is 9.53 Å². The van der Waals surface area contributed by atoms with Crippen LogP contribution in [0.1, 0.15) is 29.4 Å². The summed E-state index contributed by atoms with van der Waals surface area (Å²) in [6.45, 7) is 3.39. The summed E-state index contributed by atoms with van der Waals surface area (Å²) in [4.78, 5) is 26.8. The first kappa shape index (κ1) is 21.5. The van der Waals surface area contributed by atoms with Gasteiger partial charge in [-0.1, -0.05) is 0 Å². The second-order valence-electron chi connectivity index (χ2n) is 6.96. The molecule has 9 heteroatoms. The number of aryl methyl sites for hydroxylation is 1. The number of ether oxygens (including phenoxy) is 3. The number of methoxy groups -OCH3 is 2. The van der Waals surface area contributed by atoms with Crippen molar-refractivity contribution >= 4 is 5.91 Å². The van der Waals surface area contributed by atoms with E-state index >= 15 is 0 Å². The lowest BCUT2D eigenvalue weighted by Crippen LogP contribution is -2.41. The number of carbonyl (C=O) groups excluding carboxylic acids is 1. The lowest BCUT2D eigenvalue weighted by atomic mass is 9.90. The zero-order chi connectivity index (χ0) is 21.8. The van der Waals surface area contributed by atoms with Gasteiger partial charge in [-0.05, 0) is 24.6 Å². The van der Waals surface area contributed by atoms with E-state index in [1.165, 1.54) is 32.4 Å². The largest absolute Gasteiger partial charge is 0.502 e. The number of rotatable bonds is 6. The van der Waals surface area contributed by atoms with Gasteiger partial charge in [0.1, 0.15) is 5.76 Å². The Morgan fingerprint density at radius 3 is 2.27 bits per heavy atom. The van der Waals surface area contributed by atoms with Gasteiger partial charge >= 0.3 is 0 Å². The second kappa shape index (κ2) is 9.08. The number of phenolic OH excluding ortho intramolecular Hbond substituents is 1. The van der Waals surface area contributed by atoms with E-state index in [4.69, 9.17) is 18.6 Å². The first-order valence-electron chi connectivity index (χ1n) is 9.49. The minimum absolute atomic E-state index is 0.0311. The first-order chi connectivity index (χ1) is 14.3. The topological polar surface area (TPSA) is 119 Å². The Kier molecular flexibility index (Phi) is 6.51. The summed E-state index contributed by atoms with van der Waals surface area (Å²) in [6.07, 6.45) is -0.0724. The lowest BCUT2D eigenvalue weighted by molar-refractivity contribution is -0.135. The molecule has 9 nitrogen and oxygen atoms in total. The van der Waals surface area contributed by atoms with Gasteiger partial charge in [-0.3, -0.25) is 9.59 Å². The van der Waals surface area contributed by atoms with Gasteiger partial charge in [0.2, 0.25) is 22.8 Å². The van der Waals surface area contributed by atoms with Crippen LogP contribution in [0, 0.1) is 6.92 Å². The van der Waals surface area contributed by atoms with Gasteiger partial charge in [0.25, 0.3) is 0 Å². The van der Waals surface area contributed by atoms with Crippen molar-refractivity contribution in [3.05, 3.63) is 45.5 Å². The van der Waals surface area contributed by atoms with E-state index in [9.17, 15) is 19.8 Å². The summed E-state index contributed by atoms with van der Waals surface area (Å²) >= 11 is 0. The van der Waals surface area contributed by atoms with E-state index in [1.54, 1.807) is 11.8 Å². The number of benzene rings is 1. The molecule has 3 rings (SSSR count). The normalized spacial score (nSPS) is 15.0. The Morgan fingerprint density at radius 1 is 1.10 bits per heavy atom. The van der Waals surface area contributed by atoms with Crippen LogP contribution in [0.15, 0.2) is 27.4 Å². The van der Waals surface area contributed by atoms with Crippen molar-refractivity contribution < 1.29 is 33.6 Å². The highest BCUT2D eigenvalue weighted by molar-refractivity contribution is 5.78. The molecule has 0 aliphatic carbocycles. The molecule has 2 N–H and O–H groups in total. The Morgan fingerprint density at radius 2 is 1.70 bits per heavy atom. The van der Waals surface area contributed by atoms with Crippen LogP contribution in [-0.4, -0.2) is 61.5 Å². The Labute approximate surface area is 173 Å². The van der Waals surface area contributed by atoms with Crippen molar-refractivity contribution in [3.63, 3.8) is 0 Å². The molecule has 1 aliphatic rings. The predicted octanol–water partition coefficient (Wildman–Crippen LogP) is 1.76. The van der Waals surface area contributed by atoms with Crippen molar-refractivity contribution in [1.82, 2.24) is 4.90 Å². The molecule has 0 bridgehead atoms. The molecule has 0 radical (unpaired) electrons. The number of aromatic hydroxyl groups is 2. The molecule has 2 heterocycles. The van der Waals surface area contributed by atoms with Crippen molar-refractivity contribution in [1.29, 1.82) is 0 Å². The van der Waals surface area contributed by atoms with Crippen molar-refractivity contribution in [2.45, 2.75) is 19.3 Å². The van der Waals surface area contributed by atoms with E-state index in [2.05, 4.69) is 0 Å². The molecule has 1 aromatic carbocycles. The van der Waals surface area contributed by atoms with Crippen molar-refractivity contribution in [3.8, 4) is 23.0 Å². The summed E-state index contributed by atoms with van der Waals surface area (Å²) in [7, 11) is 2.77. The van der Waals surface area contributed by atoms with E-state index in [1.807, 2.05) is 0 Å². The van der Waals surface area contributed by atoms with E-state index in [-0.39, 0.29) is 35.3 Å². The van der Waals surface area contributed by atoms with Crippen LogP contribution >= 0.6 is 0 Å². The third-order valence-corrected chi connectivity index (χ3v) is 5.04. The van der Waals surface area contributed by atoms with Gasteiger partial charge in [0, 0.05) is 25.6 Å². The quantitative estimate of drug-likeness (QED) is 0.727. The molecule has 2 aromatic rings. The van der Waals surface area contributed by atoms with Gasteiger partial charge in [-0.2, -0.15) is 0 Å². The summed E-state index contributed by atoms with van der Waals surface area (Å²) < 4.78 is 21.4. The van der Waals surface area contributed by atoms with Crippen molar-refractivity contribution in [2.24, 2.45) is 0 Å². The SMILES string of the molecule is COc1cc(C(CC(=O)N2CCOCC2)c2oc(C)cc(=O)c2O)cc(OC)c1O.